The summed E-state index contributed by atoms with van der Waals surface area (Å²) in [6, 6.07) is 0.206. The van der Waals surface area contributed by atoms with Gasteiger partial charge in [-0.1, -0.05) is 22.9 Å². The third kappa shape index (κ3) is 3.95. The minimum atomic E-state index is -0.108. The van der Waals surface area contributed by atoms with Crippen molar-refractivity contribution in [2.75, 3.05) is 5.33 Å². The lowest BCUT2D eigenvalue weighted by atomic mass is 10.1. The van der Waals surface area contributed by atoms with E-state index in [0.717, 1.165) is 18.2 Å². The summed E-state index contributed by atoms with van der Waals surface area (Å²) in [5.41, 5.74) is 0.505. The van der Waals surface area contributed by atoms with Gasteiger partial charge in [0.05, 0.1) is 5.56 Å². The van der Waals surface area contributed by atoms with Crippen LogP contribution < -0.4 is 5.32 Å². The highest BCUT2D eigenvalue weighted by Gasteiger charge is 2.11. The van der Waals surface area contributed by atoms with E-state index in [1.54, 1.807) is 0 Å². The summed E-state index contributed by atoms with van der Waals surface area (Å²) in [7, 11) is 0. The normalized spacial score (nSPS) is 12.1. The standard InChI is InChI=1S/C10H14BrN3O/c1-2-9(3-4-11)14-10(15)8-5-12-7-13-6-8/h5-7,9H,2-4H2,1H3,(H,14,15). The van der Waals surface area contributed by atoms with Gasteiger partial charge in [-0.3, -0.25) is 4.79 Å². The molecule has 15 heavy (non-hydrogen) atoms. The molecule has 1 amide bonds. The van der Waals surface area contributed by atoms with Gasteiger partial charge in [0.15, 0.2) is 0 Å². The zero-order valence-electron chi connectivity index (χ0n) is 8.61. The van der Waals surface area contributed by atoms with Gasteiger partial charge in [0, 0.05) is 23.8 Å². The topological polar surface area (TPSA) is 54.9 Å². The van der Waals surface area contributed by atoms with Crippen molar-refractivity contribution in [1.29, 1.82) is 0 Å². The van der Waals surface area contributed by atoms with E-state index in [1.165, 1.54) is 18.7 Å². The number of carbonyl (C=O) groups excluding carboxylic acids is 1. The highest BCUT2D eigenvalue weighted by atomic mass is 79.9. The largest absolute Gasteiger partial charge is 0.349 e. The fraction of sp³-hybridized carbons (Fsp3) is 0.500. The van der Waals surface area contributed by atoms with Crippen molar-refractivity contribution >= 4 is 21.8 Å². The van der Waals surface area contributed by atoms with Crippen molar-refractivity contribution in [1.82, 2.24) is 15.3 Å². The Balaban J connectivity index is 2.55. The number of hydrogen-bond donors (Lipinski definition) is 1. The average Bonchev–Trinajstić information content (AvgIpc) is 2.29. The third-order valence-corrected chi connectivity index (χ3v) is 2.57. The molecule has 82 valence electrons. The molecular weight excluding hydrogens is 258 g/mol. The smallest absolute Gasteiger partial charge is 0.254 e. The second-order valence-electron chi connectivity index (χ2n) is 3.18. The number of nitrogens with one attached hydrogen (secondary N) is 1. The molecule has 0 fully saturated rings. The van der Waals surface area contributed by atoms with Crippen LogP contribution in [0.1, 0.15) is 30.1 Å². The van der Waals surface area contributed by atoms with Gasteiger partial charge in [-0.25, -0.2) is 9.97 Å². The lowest BCUT2D eigenvalue weighted by Crippen LogP contribution is -2.34. The van der Waals surface area contributed by atoms with E-state index in [1.807, 2.05) is 0 Å². The first-order chi connectivity index (χ1) is 7.27. The summed E-state index contributed by atoms with van der Waals surface area (Å²) in [5.74, 6) is -0.108. The van der Waals surface area contributed by atoms with Gasteiger partial charge in [0.1, 0.15) is 6.33 Å². The number of hydrogen-bond acceptors (Lipinski definition) is 3. The Kier molecular flexibility index (Phi) is 5.25. The average molecular weight is 272 g/mol. The van der Waals surface area contributed by atoms with E-state index >= 15 is 0 Å². The van der Waals surface area contributed by atoms with Gasteiger partial charge in [-0.2, -0.15) is 0 Å². The van der Waals surface area contributed by atoms with Crippen LogP contribution >= 0.6 is 15.9 Å². The van der Waals surface area contributed by atoms with E-state index in [2.05, 4.69) is 38.1 Å². The summed E-state index contributed by atoms with van der Waals surface area (Å²) >= 11 is 3.36. The van der Waals surface area contributed by atoms with Crippen LogP contribution in [0.5, 0.6) is 0 Å². The van der Waals surface area contributed by atoms with Crippen LogP contribution in [0.4, 0.5) is 0 Å². The molecule has 0 aromatic carbocycles. The predicted octanol–water partition coefficient (Wildman–Crippen LogP) is 1.77. The van der Waals surface area contributed by atoms with E-state index in [-0.39, 0.29) is 11.9 Å². The molecule has 5 heteroatoms. The van der Waals surface area contributed by atoms with E-state index < -0.39 is 0 Å². The van der Waals surface area contributed by atoms with Crippen molar-refractivity contribution < 1.29 is 4.79 Å². The van der Waals surface area contributed by atoms with Gasteiger partial charge < -0.3 is 5.32 Å². The van der Waals surface area contributed by atoms with Gasteiger partial charge in [-0.05, 0) is 12.8 Å². The molecule has 1 rings (SSSR count). The number of halogens is 1. The molecule has 0 radical (unpaired) electrons. The Morgan fingerprint density at radius 3 is 2.73 bits per heavy atom. The van der Waals surface area contributed by atoms with Gasteiger partial charge >= 0.3 is 0 Å². The van der Waals surface area contributed by atoms with E-state index in [9.17, 15) is 4.79 Å². The quantitative estimate of drug-likeness (QED) is 0.831. The molecule has 4 nitrogen and oxygen atoms in total. The maximum atomic E-state index is 11.7. The summed E-state index contributed by atoms with van der Waals surface area (Å²) in [6.07, 6.45) is 6.29. The van der Waals surface area contributed by atoms with Crippen molar-refractivity contribution in [2.45, 2.75) is 25.8 Å². The predicted molar refractivity (Wildman–Crippen MR) is 62.0 cm³/mol. The van der Waals surface area contributed by atoms with Crippen molar-refractivity contribution in [3.05, 3.63) is 24.3 Å². The maximum absolute atomic E-state index is 11.7. The molecule has 0 saturated carbocycles. The van der Waals surface area contributed by atoms with Gasteiger partial charge in [0.2, 0.25) is 0 Å². The molecule has 1 aromatic heterocycles. The van der Waals surface area contributed by atoms with Crippen molar-refractivity contribution in [3.8, 4) is 0 Å². The van der Waals surface area contributed by atoms with Crippen LogP contribution in [-0.2, 0) is 0 Å². The Morgan fingerprint density at radius 1 is 1.53 bits per heavy atom. The second-order valence-corrected chi connectivity index (χ2v) is 3.98. The first-order valence-electron chi connectivity index (χ1n) is 4.89. The monoisotopic (exact) mass is 271 g/mol. The molecule has 0 aliphatic heterocycles. The maximum Gasteiger partial charge on any atom is 0.254 e. The van der Waals surface area contributed by atoms with Crippen LogP contribution in [0.25, 0.3) is 0 Å². The molecule has 0 bridgehead atoms. The number of nitrogens with zero attached hydrogens (tertiary/aromatic N) is 2. The van der Waals surface area contributed by atoms with Crippen molar-refractivity contribution in [3.63, 3.8) is 0 Å². The third-order valence-electron chi connectivity index (χ3n) is 2.11. The number of alkyl halides is 1. The molecular formula is C10H14BrN3O. The molecule has 0 spiro atoms. The Bertz CT molecular complexity index is 305. The first kappa shape index (κ1) is 12.1. The minimum absolute atomic E-state index is 0.108. The molecule has 0 aliphatic rings. The molecule has 0 aliphatic carbocycles. The Hall–Kier alpha value is -0.970. The number of rotatable bonds is 5. The lowest BCUT2D eigenvalue weighted by Gasteiger charge is -2.15. The van der Waals surface area contributed by atoms with Crippen LogP contribution in [0.2, 0.25) is 0 Å². The summed E-state index contributed by atoms with van der Waals surface area (Å²) in [5, 5.41) is 3.82. The summed E-state index contributed by atoms with van der Waals surface area (Å²) in [4.78, 5) is 19.3. The zero-order chi connectivity index (χ0) is 11.1. The van der Waals surface area contributed by atoms with Crippen molar-refractivity contribution in [2.24, 2.45) is 0 Å². The van der Waals surface area contributed by atoms with Crippen LogP contribution in [0.3, 0.4) is 0 Å². The zero-order valence-corrected chi connectivity index (χ0v) is 10.2. The SMILES string of the molecule is CCC(CCBr)NC(=O)c1cncnc1. The van der Waals surface area contributed by atoms with Crippen LogP contribution in [0, 0.1) is 0 Å². The summed E-state index contributed by atoms with van der Waals surface area (Å²) < 4.78 is 0. The highest BCUT2D eigenvalue weighted by Crippen LogP contribution is 2.02. The van der Waals surface area contributed by atoms with Gasteiger partial charge in [-0.15, -0.1) is 0 Å². The molecule has 1 atom stereocenters. The Morgan fingerprint density at radius 2 is 2.20 bits per heavy atom. The minimum Gasteiger partial charge on any atom is -0.349 e. The Labute approximate surface area is 97.6 Å². The molecule has 0 saturated heterocycles. The molecule has 1 unspecified atom stereocenters. The fourth-order valence-electron chi connectivity index (χ4n) is 1.20. The first-order valence-corrected chi connectivity index (χ1v) is 6.02. The number of carbonyl (C=O) groups is 1. The number of aromatic nitrogens is 2. The van der Waals surface area contributed by atoms with E-state index in [4.69, 9.17) is 0 Å². The molecule has 1 heterocycles. The highest BCUT2D eigenvalue weighted by molar-refractivity contribution is 9.09. The molecule has 1 N–H and O–H groups in total. The fourth-order valence-corrected chi connectivity index (χ4v) is 1.75. The van der Waals surface area contributed by atoms with Gasteiger partial charge in [0.25, 0.3) is 5.91 Å². The lowest BCUT2D eigenvalue weighted by molar-refractivity contribution is 0.0934. The number of amides is 1. The van der Waals surface area contributed by atoms with Crippen LogP contribution in [-0.4, -0.2) is 27.2 Å². The van der Waals surface area contributed by atoms with E-state index in [0.29, 0.717) is 5.56 Å². The van der Waals surface area contributed by atoms with Crippen LogP contribution in [0.15, 0.2) is 18.7 Å². The molecule has 1 aromatic rings. The second kappa shape index (κ2) is 6.50. The summed E-state index contributed by atoms with van der Waals surface area (Å²) in [6.45, 7) is 2.05.